The van der Waals surface area contributed by atoms with E-state index in [1.54, 1.807) is 6.92 Å². The highest BCUT2D eigenvalue weighted by Gasteiger charge is 2.40. The SMILES string of the molecule is CCOC(=O)CNC(=O)c1nc(CC2CCC3(CC2)OCCO3)nc(C)c1OCc1ccccc1. The molecule has 9 heteroatoms. The number of hydrogen-bond acceptors (Lipinski definition) is 8. The molecule has 2 aliphatic rings. The van der Waals surface area contributed by atoms with Gasteiger partial charge in [0.15, 0.2) is 17.2 Å². The van der Waals surface area contributed by atoms with E-state index >= 15 is 0 Å². The lowest BCUT2D eigenvalue weighted by molar-refractivity contribution is -0.182. The maximum Gasteiger partial charge on any atom is 0.325 e. The van der Waals surface area contributed by atoms with Crippen LogP contribution in [0.2, 0.25) is 0 Å². The van der Waals surface area contributed by atoms with Gasteiger partial charge in [-0.15, -0.1) is 0 Å². The maximum absolute atomic E-state index is 13.0. The molecule has 2 heterocycles. The van der Waals surface area contributed by atoms with Gasteiger partial charge >= 0.3 is 5.97 Å². The van der Waals surface area contributed by atoms with Gasteiger partial charge < -0.3 is 24.3 Å². The number of esters is 1. The molecule has 1 saturated heterocycles. The average molecular weight is 484 g/mol. The number of nitrogens with one attached hydrogen (secondary N) is 1. The predicted octanol–water partition coefficient (Wildman–Crippen LogP) is 3.13. The Morgan fingerprint density at radius 1 is 1.11 bits per heavy atom. The molecule has 1 N–H and O–H groups in total. The van der Waals surface area contributed by atoms with Crippen LogP contribution in [0.4, 0.5) is 0 Å². The van der Waals surface area contributed by atoms with E-state index in [-0.39, 0.29) is 25.5 Å². The first kappa shape index (κ1) is 25.1. The molecule has 1 spiro atoms. The van der Waals surface area contributed by atoms with Crippen molar-refractivity contribution in [1.82, 2.24) is 15.3 Å². The molecule has 0 bridgehead atoms. The second-order valence-electron chi connectivity index (χ2n) is 8.92. The first-order chi connectivity index (χ1) is 17.0. The first-order valence-corrected chi connectivity index (χ1v) is 12.2. The zero-order valence-electron chi connectivity index (χ0n) is 20.4. The van der Waals surface area contributed by atoms with Gasteiger partial charge in [0.2, 0.25) is 0 Å². The van der Waals surface area contributed by atoms with E-state index in [0.717, 1.165) is 31.2 Å². The molecule has 1 amide bonds. The smallest absolute Gasteiger partial charge is 0.325 e. The van der Waals surface area contributed by atoms with E-state index in [9.17, 15) is 9.59 Å². The summed E-state index contributed by atoms with van der Waals surface area (Å²) in [6, 6.07) is 9.67. The number of rotatable bonds is 9. The zero-order chi connectivity index (χ0) is 24.7. The van der Waals surface area contributed by atoms with Crippen LogP contribution in [0, 0.1) is 12.8 Å². The van der Waals surface area contributed by atoms with Crippen LogP contribution in [0.1, 0.15) is 60.2 Å². The summed E-state index contributed by atoms with van der Waals surface area (Å²) in [5, 5.41) is 2.60. The van der Waals surface area contributed by atoms with Gasteiger partial charge in [-0.05, 0) is 38.2 Å². The Morgan fingerprint density at radius 3 is 2.51 bits per heavy atom. The molecule has 0 atom stereocenters. The molecule has 1 saturated carbocycles. The number of aryl methyl sites for hydroxylation is 1. The van der Waals surface area contributed by atoms with Crippen molar-refractivity contribution >= 4 is 11.9 Å². The summed E-state index contributed by atoms with van der Waals surface area (Å²) in [6.07, 6.45) is 4.23. The molecular weight excluding hydrogens is 450 g/mol. The van der Waals surface area contributed by atoms with E-state index in [4.69, 9.17) is 18.9 Å². The van der Waals surface area contributed by atoms with Crippen LogP contribution in [-0.2, 0) is 32.0 Å². The Hall–Kier alpha value is -3.04. The summed E-state index contributed by atoms with van der Waals surface area (Å²) in [4.78, 5) is 34.0. The molecular formula is C26H33N3O6. The molecule has 1 aromatic carbocycles. The number of ether oxygens (including phenoxy) is 4. The van der Waals surface area contributed by atoms with Gasteiger partial charge in [0.1, 0.15) is 19.0 Å². The summed E-state index contributed by atoms with van der Waals surface area (Å²) in [7, 11) is 0. The minimum atomic E-state index is -0.508. The fourth-order valence-corrected chi connectivity index (χ4v) is 4.58. The molecule has 1 aliphatic carbocycles. The van der Waals surface area contributed by atoms with E-state index in [2.05, 4.69) is 15.3 Å². The minimum Gasteiger partial charge on any atom is -0.485 e. The standard InChI is InChI=1S/C26H33N3O6/c1-3-32-22(30)16-27-25(31)23-24(33-17-20-7-5-4-6-8-20)18(2)28-21(29-23)15-19-9-11-26(12-10-19)34-13-14-35-26/h4-8,19H,3,9-17H2,1-2H3,(H,27,31). The molecule has 2 aromatic rings. The Bertz CT molecular complexity index is 1010. The topological polar surface area (TPSA) is 109 Å². The minimum absolute atomic E-state index is 0.127. The monoisotopic (exact) mass is 483 g/mol. The van der Waals surface area contributed by atoms with Crippen molar-refractivity contribution in [2.75, 3.05) is 26.4 Å². The maximum atomic E-state index is 13.0. The van der Waals surface area contributed by atoms with Crippen molar-refractivity contribution < 1.29 is 28.5 Å². The number of hydrogen-bond donors (Lipinski definition) is 1. The molecule has 2 fully saturated rings. The summed E-state index contributed by atoms with van der Waals surface area (Å²) in [6.45, 7) is 5.11. The lowest BCUT2D eigenvalue weighted by atomic mass is 9.83. The van der Waals surface area contributed by atoms with Crippen LogP contribution < -0.4 is 10.1 Å². The normalized spacial score (nSPS) is 17.3. The fraction of sp³-hybridized carbons (Fsp3) is 0.538. The third-order valence-electron chi connectivity index (χ3n) is 6.37. The van der Waals surface area contributed by atoms with Crippen molar-refractivity contribution in [3.63, 3.8) is 0 Å². The second-order valence-corrected chi connectivity index (χ2v) is 8.92. The number of aromatic nitrogens is 2. The third-order valence-corrected chi connectivity index (χ3v) is 6.37. The van der Waals surface area contributed by atoms with Crippen LogP contribution in [0.5, 0.6) is 5.75 Å². The van der Waals surface area contributed by atoms with Crippen LogP contribution in [-0.4, -0.2) is 54.0 Å². The molecule has 35 heavy (non-hydrogen) atoms. The quantitative estimate of drug-likeness (QED) is 0.542. The zero-order valence-corrected chi connectivity index (χ0v) is 20.4. The van der Waals surface area contributed by atoms with Crippen molar-refractivity contribution in [2.45, 2.75) is 58.3 Å². The molecule has 0 unspecified atom stereocenters. The molecule has 4 rings (SSSR count). The van der Waals surface area contributed by atoms with Crippen molar-refractivity contribution in [1.29, 1.82) is 0 Å². The highest BCUT2D eigenvalue weighted by atomic mass is 16.7. The Labute approximate surface area is 205 Å². The van der Waals surface area contributed by atoms with E-state index in [1.807, 2.05) is 37.3 Å². The fourth-order valence-electron chi connectivity index (χ4n) is 4.58. The molecule has 1 aromatic heterocycles. The summed E-state index contributed by atoms with van der Waals surface area (Å²) < 4.78 is 22.6. The Balaban J connectivity index is 1.49. The van der Waals surface area contributed by atoms with Crippen molar-refractivity contribution in [2.24, 2.45) is 5.92 Å². The van der Waals surface area contributed by atoms with E-state index in [1.165, 1.54) is 0 Å². The number of nitrogens with zero attached hydrogens (tertiary/aromatic N) is 2. The number of carbonyl (C=O) groups is 2. The highest BCUT2D eigenvalue weighted by Crippen LogP contribution is 2.39. The lowest BCUT2D eigenvalue weighted by Crippen LogP contribution is -2.36. The summed E-state index contributed by atoms with van der Waals surface area (Å²) >= 11 is 0. The highest BCUT2D eigenvalue weighted by molar-refractivity contribution is 5.96. The molecule has 9 nitrogen and oxygen atoms in total. The Morgan fingerprint density at radius 2 is 1.83 bits per heavy atom. The van der Waals surface area contributed by atoms with Gasteiger partial charge in [-0.1, -0.05) is 30.3 Å². The van der Waals surface area contributed by atoms with E-state index < -0.39 is 17.7 Å². The number of benzene rings is 1. The summed E-state index contributed by atoms with van der Waals surface area (Å²) in [5.74, 6) is -0.145. The van der Waals surface area contributed by atoms with Gasteiger partial charge in [-0.25, -0.2) is 9.97 Å². The van der Waals surface area contributed by atoms with Crippen molar-refractivity contribution in [3.8, 4) is 5.75 Å². The van der Waals surface area contributed by atoms with Crippen LogP contribution in [0.25, 0.3) is 0 Å². The summed E-state index contributed by atoms with van der Waals surface area (Å²) in [5.41, 5.74) is 1.67. The number of carbonyl (C=O) groups excluding carboxylic acids is 2. The molecule has 1 aliphatic heterocycles. The second kappa shape index (κ2) is 11.6. The van der Waals surface area contributed by atoms with Crippen LogP contribution in [0.3, 0.4) is 0 Å². The third kappa shape index (κ3) is 6.55. The van der Waals surface area contributed by atoms with E-state index in [0.29, 0.717) is 42.8 Å². The number of amides is 1. The van der Waals surface area contributed by atoms with Crippen molar-refractivity contribution in [3.05, 3.63) is 53.1 Å². The van der Waals surface area contributed by atoms with Gasteiger partial charge in [-0.3, -0.25) is 9.59 Å². The van der Waals surface area contributed by atoms with Gasteiger partial charge in [0, 0.05) is 19.3 Å². The van der Waals surface area contributed by atoms with Crippen LogP contribution in [0.15, 0.2) is 30.3 Å². The van der Waals surface area contributed by atoms with Crippen LogP contribution >= 0.6 is 0 Å². The largest absolute Gasteiger partial charge is 0.485 e. The first-order valence-electron chi connectivity index (χ1n) is 12.2. The molecule has 0 radical (unpaired) electrons. The molecule has 188 valence electrons. The Kier molecular flexibility index (Phi) is 8.30. The van der Waals surface area contributed by atoms with Gasteiger partial charge in [0.25, 0.3) is 5.91 Å². The average Bonchev–Trinajstić information content (AvgIpc) is 3.32. The predicted molar refractivity (Wildman–Crippen MR) is 127 cm³/mol. The van der Waals surface area contributed by atoms with Gasteiger partial charge in [0.05, 0.1) is 25.5 Å². The van der Waals surface area contributed by atoms with Gasteiger partial charge in [-0.2, -0.15) is 0 Å². The lowest BCUT2D eigenvalue weighted by Gasteiger charge is -2.35.